The Morgan fingerprint density at radius 2 is 1.80 bits per heavy atom. The van der Waals surface area contributed by atoms with Crippen molar-refractivity contribution in [2.24, 2.45) is 5.92 Å². The van der Waals surface area contributed by atoms with Crippen LogP contribution in [0.4, 0.5) is 0 Å². The van der Waals surface area contributed by atoms with E-state index in [0.29, 0.717) is 12.5 Å². The van der Waals surface area contributed by atoms with Crippen LogP contribution >= 0.6 is 0 Å². The molecule has 1 aliphatic rings. The van der Waals surface area contributed by atoms with Gasteiger partial charge in [-0.05, 0) is 49.3 Å². The molecule has 3 N–H and O–H groups in total. The molecule has 0 amide bonds. The predicted molar refractivity (Wildman–Crippen MR) is 77.5 cm³/mol. The van der Waals surface area contributed by atoms with Gasteiger partial charge in [0.05, 0.1) is 12.5 Å². The summed E-state index contributed by atoms with van der Waals surface area (Å²) in [6, 6.07) is 7.68. The zero-order valence-corrected chi connectivity index (χ0v) is 11.7. The van der Waals surface area contributed by atoms with Gasteiger partial charge in [0.15, 0.2) is 0 Å². The quantitative estimate of drug-likeness (QED) is 0.743. The third-order valence-electron chi connectivity index (χ3n) is 4.02. The van der Waals surface area contributed by atoms with Crippen LogP contribution in [0.3, 0.4) is 0 Å². The van der Waals surface area contributed by atoms with Crippen molar-refractivity contribution < 1.29 is 15.0 Å². The molecule has 20 heavy (non-hydrogen) atoms. The highest BCUT2D eigenvalue weighted by molar-refractivity contribution is 5.70. The van der Waals surface area contributed by atoms with Gasteiger partial charge in [0, 0.05) is 6.54 Å². The minimum absolute atomic E-state index is 0.0769. The lowest BCUT2D eigenvalue weighted by molar-refractivity contribution is -0.136. The molecule has 1 aliphatic carbocycles. The van der Waals surface area contributed by atoms with E-state index in [1.54, 1.807) is 0 Å². The Labute approximate surface area is 119 Å². The maximum Gasteiger partial charge on any atom is 0.307 e. The lowest BCUT2D eigenvalue weighted by atomic mass is 9.87. The summed E-state index contributed by atoms with van der Waals surface area (Å²) >= 11 is 0. The number of nitrogens with one attached hydrogen (secondary N) is 1. The minimum atomic E-state index is -0.793. The van der Waals surface area contributed by atoms with Crippen LogP contribution in [0.15, 0.2) is 24.3 Å². The third-order valence-corrected chi connectivity index (χ3v) is 4.02. The van der Waals surface area contributed by atoms with Crippen molar-refractivity contribution in [3.05, 3.63) is 35.4 Å². The zero-order valence-electron chi connectivity index (χ0n) is 11.7. The fraction of sp³-hybridized carbons (Fsp3) is 0.562. The number of aliphatic hydroxyl groups is 1. The summed E-state index contributed by atoms with van der Waals surface area (Å²) in [4.78, 5) is 10.8. The van der Waals surface area contributed by atoms with Gasteiger partial charge in [-0.15, -0.1) is 0 Å². The first-order valence-electron chi connectivity index (χ1n) is 7.32. The van der Waals surface area contributed by atoms with Crippen LogP contribution in [0, 0.1) is 5.92 Å². The smallest absolute Gasteiger partial charge is 0.307 e. The van der Waals surface area contributed by atoms with Crippen LogP contribution < -0.4 is 5.32 Å². The molecule has 0 heterocycles. The molecule has 0 unspecified atom stereocenters. The summed E-state index contributed by atoms with van der Waals surface area (Å²) in [6.07, 6.45) is 3.93. The van der Waals surface area contributed by atoms with E-state index in [0.717, 1.165) is 43.4 Å². The first-order chi connectivity index (χ1) is 9.65. The maximum absolute atomic E-state index is 10.8. The molecule has 4 heteroatoms. The Morgan fingerprint density at radius 1 is 1.15 bits per heavy atom. The first kappa shape index (κ1) is 15.0. The molecule has 0 spiro atoms. The van der Waals surface area contributed by atoms with E-state index in [9.17, 15) is 9.90 Å². The molecule has 110 valence electrons. The molecular weight excluding hydrogens is 254 g/mol. The molecular formula is C16H23NO3. The highest BCUT2D eigenvalue weighted by atomic mass is 16.4. The third kappa shape index (κ3) is 4.62. The largest absolute Gasteiger partial charge is 0.481 e. The van der Waals surface area contributed by atoms with Gasteiger partial charge in [0.25, 0.3) is 0 Å². The highest BCUT2D eigenvalue weighted by Gasteiger charge is 2.18. The molecule has 1 aromatic rings. The second-order valence-electron chi connectivity index (χ2n) is 5.64. The lowest BCUT2D eigenvalue weighted by Crippen LogP contribution is -2.28. The molecule has 1 fully saturated rings. The van der Waals surface area contributed by atoms with Gasteiger partial charge >= 0.3 is 5.97 Å². The van der Waals surface area contributed by atoms with Crippen LogP contribution in [0.5, 0.6) is 0 Å². The lowest BCUT2D eigenvalue weighted by Gasteiger charge is -2.25. The summed E-state index contributed by atoms with van der Waals surface area (Å²) < 4.78 is 0. The monoisotopic (exact) mass is 277 g/mol. The van der Waals surface area contributed by atoms with Crippen LogP contribution in [-0.4, -0.2) is 28.8 Å². The summed E-state index contributed by atoms with van der Waals surface area (Å²) in [7, 11) is 0. The van der Waals surface area contributed by atoms with E-state index in [4.69, 9.17) is 5.11 Å². The van der Waals surface area contributed by atoms with Crippen molar-refractivity contribution in [1.29, 1.82) is 0 Å². The first-order valence-corrected chi connectivity index (χ1v) is 7.32. The Kier molecular flexibility index (Phi) is 5.56. The number of hydrogen-bond acceptors (Lipinski definition) is 3. The fourth-order valence-electron chi connectivity index (χ4n) is 2.83. The molecule has 0 atom stereocenters. The minimum Gasteiger partial charge on any atom is -0.481 e. The van der Waals surface area contributed by atoms with Crippen LogP contribution in [0.1, 0.15) is 36.8 Å². The normalized spacial score (nSPS) is 22.6. The van der Waals surface area contributed by atoms with E-state index in [1.165, 1.54) is 0 Å². The van der Waals surface area contributed by atoms with Gasteiger partial charge in [-0.1, -0.05) is 24.3 Å². The number of carbonyl (C=O) groups is 1. The van der Waals surface area contributed by atoms with Crippen molar-refractivity contribution in [3.8, 4) is 0 Å². The van der Waals surface area contributed by atoms with E-state index in [-0.39, 0.29) is 12.5 Å². The second kappa shape index (κ2) is 7.41. The SMILES string of the molecule is O=C(O)Cc1ccccc1CNCC1CCC(O)CC1. The van der Waals surface area contributed by atoms with Crippen LogP contribution in [0.25, 0.3) is 0 Å². The Morgan fingerprint density at radius 3 is 2.45 bits per heavy atom. The number of carboxylic acids is 1. The Hall–Kier alpha value is -1.39. The fourth-order valence-corrected chi connectivity index (χ4v) is 2.83. The molecule has 2 rings (SSSR count). The Balaban J connectivity index is 1.80. The molecule has 0 radical (unpaired) electrons. The molecule has 1 aromatic carbocycles. The number of rotatable bonds is 6. The Bertz CT molecular complexity index is 439. The summed E-state index contributed by atoms with van der Waals surface area (Å²) in [6.45, 7) is 1.65. The average Bonchev–Trinajstić information content (AvgIpc) is 2.42. The topological polar surface area (TPSA) is 69.6 Å². The van der Waals surface area contributed by atoms with Crippen molar-refractivity contribution in [2.45, 2.75) is 44.8 Å². The summed E-state index contributed by atoms with van der Waals surface area (Å²) in [5.41, 5.74) is 1.94. The average molecular weight is 277 g/mol. The number of aliphatic carboxylic acids is 1. The molecule has 0 aliphatic heterocycles. The van der Waals surface area contributed by atoms with Gasteiger partial charge in [0.2, 0.25) is 0 Å². The molecule has 4 nitrogen and oxygen atoms in total. The van der Waals surface area contributed by atoms with E-state index < -0.39 is 5.97 Å². The molecule has 0 saturated heterocycles. The maximum atomic E-state index is 10.8. The van der Waals surface area contributed by atoms with Gasteiger partial charge < -0.3 is 15.5 Å². The second-order valence-corrected chi connectivity index (χ2v) is 5.64. The van der Waals surface area contributed by atoms with Gasteiger partial charge in [-0.3, -0.25) is 4.79 Å². The molecule has 0 aromatic heterocycles. The van der Waals surface area contributed by atoms with Gasteiger partial charge in [-0.25, -0.2) is 0 Å². The van der Waals surface area contributed by atoms with E-state index in [1.807, 2.05) is 24.3 Å². The van der Waals surface area contributed by atoms with Crippen LogP contribution in [0.2, 0.25) is 0 Å². The summed E-state index contributed by atoms with van der Waals surface area (Å²) in [5, 5.41) is 21.8. The van der Waals surface area contributed by atoms with E-state index in [2.05, 4.69) is 5.32 Å². The van der Waals surface area contributed by atoms with Crippen LogP contribution in [-0.2, 0) is 17.8 Å². The van der Waals surface area contributed by atoms with Gasteiger partial charge in [0.1, 0.15) is 0 Å². The van der Waals surface area contributed by atoms with Crippen molar-refractivity contribution in [2.75, 3.05) is 6.54 Å². The van der Waals surface area contributed by atoms with Crippen molar-refractivity contribution >= 4 is 5.97 Å². The summed E-state index contributed by atoms with van der Waals surface area (Å²) in [5.74, 6) is -0.163. The number of aliphatic hydroxyl groups excluding tert-OH is 1. The number of benzene rings is 1. The molecule has 1 saturated carbocycles. The number of carboxylic acid groups (broad SMARTS) is 1. The van der Waals surface area contributed by atoms with Crippen molar-refractivity contribution in [1.82, 2.24) is 5.32 Å². The van der Waals surface area contributed by atoms with Crippen molar-refractivity contribution in [3.63, 3.8) is 0 Å². The highest BCUT2D eigenvalue weighted by Crippen LogP contribution is 2.23. The number of hydrogen-bond donors (Lipinski definition) is 3. The standard InChI is InChI=1S/C16H23NO3/c18-15-7-5-12(6-8-15)10-17-11-14-4-2-1-3-13(14)9-16(19)20/h1-4,12,15,17-18H,5-11H2,(H,19,20). The zero-order chi connectivity index (χ0) is 14.4. The van der Waals surface area contributed by atoms with Gasteiger partial charge in [-0.2, -0.15) is 0 Å². The predicted octanol–water partition coefficient (Wildman–Crippen LogP) is 1.95. The molecule has 0 bridgehead atoms. The van der Waals surface area contributed by atoms with E-state index >= 15 is 0 Å².